The maximum absolute atomic E-state index is 13.4. The number of nitrogens with zero attached hydrogens (tertiary/aromatic N) is 2. The average Bonchev–Trinajstić information content (AvgIpc) is 2.71. The van der Waals surface area contributed by atoms with Gasteiger partial charge in [0, 0.05) is 31.5 Å². The number of hydrogen-bond donors (Lipinski definition) is 1. The summed E-state index contributed by atoms with van der Waals surface area (Å²) in [7, 11) is 0. The number of hydrogen-bond acceptors (Lipinski definition) is 2. The van der Waals surface area contributed by atoms with Gasteiger partial charge in [-0.2, -0.15) is 0 Å². The van der Waals surface area contributed by atoms with Gasteiger partial charge >= 0.3 is 0 Å². The smallest absolute Gasteiger partial charge is 0.161 e. The van der Waals surface area contributed by atoms with Crippen molar-refractivity contribution in [3.05, 3.63) is 29.6 Å². The molecular formula is C14H17F2N3S. The van der Waals surface area contributed by atoms with E-state index in [0.29, 0.717) is 29.0 Å². The Labute approximate surface area is 121 Å². The van der Waals surface area contributed by atoms with Crippen LogP contribution in [0.1, 0.15) is 32.0 Å². The molecule has 0 atom stereocenters. The molecule has 3 nitrogen and oxygen atoms in total. The van der Waals surface area contributed by atoms with Gasteiger partial charge in [0.2, 0.25) is 0 Å². The zero-order valence-electron chi connectivity index (χ0n) is 11.3. The molecule has 0 saturated carbocycles. The summed E-state index contributed by atoms with van der Waals surface area (Å²) in [5.41, 5.74) is 6.58. The van der Waals surface area contributed by atoms with Gasteiger partial charge in [0.1, 0.15) is 5.82 Å². The minimum absolute atomic E-state index is 0.399. The maximum atomic E-state index is 13.4. The summed E-state index contributed by atoms with van der Waals surface area (Å²) in [5.74, 6) is -0.919. The third kappa shape index (κ3) is 3.12. The molecule has 0 radical (unpaired) electrons. The van der Waals surface area contributed by atoms with Crippen molar-refractivity contribution >= 4 is 28.2 Å². The lowest BCUT2D eigenvalue weighted by atomic mass is 10.2. The highest BCUT2D eigenvalue weighted by molar-refractivity contribution is 7.80. The quantitative estimate of drug-likeness (QED) is 0.832. The molecule has 2 rings (SSSR count). The molecule has 0 spiro atoms. The van der Waals surface area contributed by atoms with Crippen molar-refractivity contribution in [2.75, 3.05) is 0 Å². The van der Waals surface area contributed by atoms with Crippen LogP contribution in [0.3, 0.4) is 0 Å². The van der Waals surface area contributed by atoms with Crippen LogP contribution in [0.5, 0.6) is 0 Å². The number of aryl methyl sites for hydroxylation is 2. The van der Waals surface area contributed by atoms with E-state index in [1.165, 1.54) is 6.07 Å². The highest BCUT2D eigenvalue weighted by Gasteiger charge is 2.14. The van der Waals surface area contributed by atoms with Crippen LogP contribution in [0, 0.1) is 11.6 Å². The van der Waals surface area contributed by atoms with Crippen LogP contribution in [0.25, 0.3) is 11.0 Å². The van der Waals surface area contributed by atoms with E-state index >= 15 is 0 Å². The van der Waals surface area contributed by atoms with Gasteiger partial charge in [-0.1, -0.05) is 25.6 Å². The van der Waals surface area contributed by atoms with E-state index in [9.17, 15) is 8.78 Å². The van der Waals surface area contributed by atoms with Gasteiger partial charge in [-0.25, -0.2) is 13.8 Å². The first kappa shape index (κ1) is 14.8. The number of fused-ring (bicyclic) bond motifs is 1. The zero-order valence-corrected chi connectivity index (χ0v) is 12.1. The SMILES string of the molecule is CCCCc1nc2cc(F)c(F)cc2n1CCC(N)=S. The van der Waals surface area contributed by atoms with E-state index in [1.807, 2.05) is 4.57 Å². The Morgan fingerprint density at radius 3 is 2.70 bits per heavy atom. The maximum Gasteiger partial charge on any atom is 0.161 e. The Bertz CT molecular complexity index is 637. The molecule has 2 N–H and O–H groups in total. The molecule has 0 aliphatic carbocycles. The number of benzene rings is 1. The lowest BCUT2D eigenvalue weighted by molar-refractivity contribution is 0.510. The summed E-state index contributed by atoms with van der Waals surface area (Å²) in [6.07, 6.45) is 3.28. The average molecular weight is 297 g/mol. The summed E-state index contributed by atoms with van der Waals surface area (Å²) < 4.78 is 28.6. The van der Waals surface area contributed by atoms with Gasteiger partial charge < -0.3 is 10.3 Å². The fourth-order valence-corrected chi connectivity index (χ4v) is 2.26. The Hall–Kier alpha value is -1.56. The molecule has 1 aromatic carbocycles. The molecule has 20 heavy (non-hydrogen) atoms. The van der Waals surface area contributed by atoms with E-state index in [-0.39, 0.29) is 0 Å². The zero-order chi connectivity index (χ0) is 14.7. The van der Waals surface area contributed by atoms with Crippen LogP contribution in [0.2, 0.25) is 0 Å². The number of imidazole rings is 1. The normalized spacial score (nSPS) is 11.2. The van der Waals surface area contributed by atoms with Gasteiger partial charge in [0.05, 0.1) is 16.0 Å². The van der Waals surface area contributed by atoms with Crippen molar-refractivity contribution in [1.82, 2.24) is 9.55 Å². The number of aromatic nitrogens is 2. The molecule has 1 heterocycles. The molecular weight excluding hydrogens is 280 g/mol. The molecule has 0 amide bonds. The lowest BCUT2D eigenvalue weighted by Crippen LogP contribution is -2.13. The van der Waals surface area contributed by atoms with Crippen LogP contribution in [0.15, 0.2) is 12.1 Å². The topological polar surface area (TPSA) is 43.8 Å². The Morgan fingerprint density at radius 1 is 1.35 bits per heavy atom. The Morgan fingerprint density at radius 2 is 2.05 bits per heavy atom. The monoisotopic (exact) mass is 297 g/mol. The van der Waals surface area contributed by atoms with E-state index in [4.69, 9.17) is 18.0 Å². The van der Waals surface area contributed by atoms with E-state index in [2.05, 4.69) is 11.9 Å². The second-order valence-electron chi connectivity index (χ2n) is 4.75. The van der Waals surface area contributed by atoms with Crippen molar-refractivity contribution in [3.63, 3.8) is 0 Å². The van der Waals surface area contributed by atoms with Gasteiger partial charge in [-0.3, -0.25) is 0 Å². The second-order valence-corrected chi connectivity index (χ2v) is 5.28. The van der Waals surface area contributed by atoms with Crippen molar-refractivity contribution in [1.29, 1.82) is 0 Å². The van der Waals surface area contributed by atoms with Crippen LogP contribution in [-0.4, -0.2) is 14.5 Å². The van der Waals surface area contributed by atoms with Crippen molar-refractivity contribution in [3.8, 4) is 0 Å². The molecule has 2 aromatic rings. The first-order chi connectivity index (χ1) is 9.52. The van der Waals surface area contributed by atoms with Gasteiger partial charge in [-0.15, -0.1) is 0 Å². The predicted molar refractivity (Wildman–Crippen MR) is 79.7 cm³/mol. The molecule has 0 bridgehead atoms. The summed E-state index contributed by atoms with van der Waals surface area (Å²) in [6, 6.07) is 2.32. The van der Waals surface area contributed by atoms with Crippen LogP contribution < -0.4 is 5.73 Å². The van der Waals surface area contributed by atoms with Gasteiger partial charge in [0.25, 0.3) is 0 Å². The molecule has 0 aliphatic rings. The van der Waals surface area contributed by atoms with Crippen molar-refractivity contribution < 1.29 is 8.78 Å². The number of rotatable bonds is 6. The number of unbranched alkanes of at least 4 members (excludes halogenated alkanes) is 1. The minimum Gasteiger partial charge on any atom is -0.393 e. The van der Waals surface area contributed by atoms with Crippen molar-refractivity contribution in [2.45, 2.75) is 39.2 Å². The molecule has 108 valence electrons. The van der Waals surface area contributed by atoms with Crippen LogP contribution >= 0.6 is 12.2 Å². The second kappa shape index (κ2) is 6.26. The minimum atomic E-state index is -0.876. The molecule has 6 heteroatoms. The van der Waals surface area contributed by atoms with Gasteiger partial charge in [0.15, 0.2) is 11.6 Å². The highest BCUT2D eigenvalue weighted by atomic mass is 32.1. The summed E-state index contributed by atoms with van der Waals surface area (Å²) >= 11 is 4.88. The fraction of sp³-hybridized carbons (Fsp3) is 0.429. The van der Waals surface area contributed by atoms with Crippen LogP contribution in [-0.2, 0) is 13.0 Å². The summed E-state index contributed by atoms with van der Waals surface area (Å²) in [5, 5.41) is 0. The first-order valence-electron chi connectivity index (χ1n) is 6.65. The number of halogens is 2. The third-order valence-electron chi connectivity index (χ3n) is 3.21. The molecule has 1 aromatic heterocycles. The van der Waals surface area contributed by atoms with Gasteiger partial charge in [-0.05, 0) is 6.42 Å². The molecule has 0 unspecified atom stereocenters. The number of nitrogens with two attached hydrogens (primary N) is 1. The van der Waals surface area contributed by atoms with E-state index in [1.54, 1.807) is 0 Å². The standard InChI is InChI=1S/C14H17F2N3S/c1-2-3-4-14-18-11-7-9(15)10(16)8-12(11)19(14)6-5-13(17)20/h7-8H,2-6H2,1H3,(H2,17,20). The Kier molecular flexibility index (Phi) is 4.65. The summed E-state index contributed by atoms with van der Waals surface area (Å²) in [4.78, 5) is 4.80. The highest BCUT2D eigenvalue weighted by Crippen LogP contribution is 2.21. The van der Waals surface area contributed by atoms with Crippen molar-refractivity contribution in [2.24, 2.45) is 5.73 Å². The van der Waals surface area contributed by atoms with E-state index < -0.39 is 11.6 Å². The molecule has 0 saturated heterocycles. The molecule has 0 fully saturated rings. The van der Waals surface area contributed by atoms with E-state index in [0.717, 1.165) is 31.2 Å². The lowest BCUT2D eigenvalue weighted by Gasteiger charge is -2.08. The Balaban J connectivity index is 2.46. The first-order valence-corrected chi connectivity index (χ1v) is 7.06. The molecule has 0 aliphatic heterocycles. The predicted octanol–water partition coefficient (Wildman–Crippen LogP) is 3.33. The third-order valence-corrected chi connectivity index (χ3v) is 3.41. The summed E-state index contributed by atoms with van der Waals surface area (Å²) in [6.45, 7) is 2.62. The fourth-order valence-electron chi connectivity index (χ4n) is 2.17. The van der Waals surface area contributed by atoms with Crippen LogP contribution in [0.4, 0.5) is 8.78 Å². The number of thiocarbonyl (C=S) groups is 1. The largest absolute Gasteiger partial charge is 0.393 e.